The van der Waals surface area contributed by atoms with Crippen LogP contribution in [0.4, 0.5) is 0 Å². The normalized spacial score (nSPS) is 12.4. The first-order chi connectivity index (χ1) is 15.2. The number of halogens is 1. The number of carbonyl (C=O) groups is 2. The van der Waals surface area contributed by atoms with Gasteiger partial charge in [0, 0.05) is 31.1 Å². The van der Waals surface area contributed by atoms with Crippen LogP contribution in [-0.4, -0.2) is 43.8 Å². The lowest BCUT2D eigenvalue weighted by molar-refractivity contribution is -0.154. The SMILES string of the molecule is CCN(CC)S(=O)(=O)c1ccc(CCC(=O)OC(C)C(=O)NCc2ccccc2Cl)cc1. The van der Waals surface area contributed by atoms with Gasteiger partial charge in [-0.3, -0.25) is 9.59 Å². The quantitative estimate of drug-likeness (QED) is 0.496. The van der Waals surface area contributed by atoms with Crippen LogP contribution in [0.3, 0.4) is 0 Å². The first-order valence-corrected chi connectivity index (χ1v) is 12.3. The van der Waals surface area contributed by atoms with Crippen LogP contribution < -0.4 is 5.32 Å². The third kappa shape index (κ3) is 7.05. The Morgan fingerprint density at radius 1 is 1.06 bits per heavy atom. The van der Waals surface area contributed by atoms with Gasteiger partial charge < -0.3 is 10.1 Å². The van der Waals surface area contributed by atoms with Crippen molar-refractivity contribution in [1.82, 2.24) is 9.62 Å². The molecule has 2 rings (SSSR count). The number of esters is 1. The summed E-state index contributed by atoms with van der Waals surface area (Å²) in [6.07, 6.45) is -0.491. The smallest absolute Gasteiger partial charge is 0.306 e. The van der Waals surface area contributed by atoms with Crippen LogP contribution in [-0.2, 0) is 37.3 Å². The fraction of sp³-hybridized carbons (Fsp3) is 0.391. The Balaban J connectivity index is 1.83. The molecule has 7 nitrogen and oxygen atoms in total. The summed E-state index contributed by atoms with van der Waals surface area (Å²) in [5.74, 6) is -0.922. The first kappa shape index (κ1) is 25.8. The van der Waals surface area contributed by atoms with Gasteiger partial charge in [0.2, 0.25) is 10.0 Å². The number of sulfonamides is 1. The third-order valence-corrected chi connectivity index (χ3v) is 7.41. The molecule has 1 atom stereocenters. The molecule has 0 heterocycles. The molecule has 2 aromatic rings. The van der Waals surface area contributed by atoms with Crippen LogP contribution in [0, 0.1) is 0 Å². The van der Waals surface area contributed by atoms with Crippen molar-refractivity contribution in [3.8, 4) is 0 Å². The average molecular weight is 481 g/mol. The van der Waals surface area contributed by atoms with Crippen molar-refractivity contribution in [1.29, 1.82) is 0 Å². The summed E-state index contributed by atoms with van der Waals surface area (Å²) < 4.78 is 31.6. The van der Waals surface area contributed by atoms with Crippen molar-refractivity contribution in [2.24, 2.45) is 0 Å². The summed E-state index contributed by atoms with van der Waals surface area (Å²) in [4.78, 5) is 24.5. The number of nitrogens with one attached hydrogen (secondary N) is 1. The second-order valence-corrected chi connectivity index (χ2v) is 9.52. The summed E-state index contributed by atoms with van der Waals surface area (Å²) >= 11 is 6.06. The summed E-state index contributed by atoms with van der Waals surface area (Å²) in [6.45, 7) is 6.13. The Hall–Kier alpha value is -2.42. The minimum absolute atomic E-state index is 0.0737. The zero-order valence-electron chi connectivity index (χ0n) is 18.5. The summed E-state index contributed by atoms with van der Waals surface area (Å²) in [6, 6.07) is 13.6. The van der Waals surface area contributed by atoms with Gasteiger partial charge in [-0.25, -0.2) is 8.42 Å². The molecule has 32 heavy (non-hydrogen) atoms. The minimum atomic E-state index is -3.51. The van der Waals surface area contributed by atoms with Gasteiger partial charge >= 0.3 is 5.97 Å². The standard InChI is InChI=1S/C23H29ClN2O5S/c1-4-26(5-2)32(29,30)20-13-10-18(11-14-20)12-15-22(27)31-17(3)23(28)25-16-19-8-6-7-9-21(19)24/h6-11,13-14,17H,4-5,12,15-16H2,1-3H3,(H,25,28). The van der Waals surface area contributed by atoms with E-state index in [2.05, 4.69) is 5.32 Å². The van der Waals surface area contributed by atoms with E-state index < -0.39 is 28.0 Å². The van der Waals surface area contributed by atoms with Crippen molar-refractivity contribution in [2.45, 2.75) is 51.2 Å². The van der Waals surface area contributed by atoms with Crippen molar-refractivity contribution in [3.05, 3.63) is 64.7 Å². The zero-order valence-corrected chi connectivity index (χ0v) is 20.1. The molecule has 0 radical (unpaired) electrons. The number of carbonyl (C=O) groups excluding carboxylic acids is 2. The molecule has 0 saturated carbocycles. The lowest BCUT2D eigenvalue weighted by Gasteiger charge is -2.18. The molecule has 0 saturated heterocycles. The maximum atomic E-state index is 12.5. The molecular weight excluding hydrogens is 452 g/mol. The summed E-state index contributed by atoms with van der Waals surface area (Å²) in [5, 5.41) is 3.25. The van der Waals surface area contributed by atoms with E-state index in [-0.39, 0.29) is 17.9 Å². The Bertz CT molecular complexity index is 1020. The highest BCUT2D eigenvalue weighted by Gasteiger charge is 2.21. The number of ether oxygens (including phenoxy) is 1. The van der Waals surface area contributed by atoms with Crippen LogP contribution in [0.5, 0.6) is 0 Å². The van der Waals surface area contributed by atoms with E-state index in [1.54, 1.807) is 56.3 Å². The van der Waals surface area contributed by atoms with Crippen LogP contribution in [0.2, 0.25) is 5.02 Å². The van der Waals surface area contributed by atoms with Crippen molar-refractivity contribution in [2.75, 3.05) is 13.1 Å². The van der Waals surface area contributed by atoms with E-state index >= 15 is 0 Å². The van der Waals surface area contributed by atoms with Crippen LogP contribution >= 0.6 is 11.6 Å². The van der Waals surface area contributed by atoms with Gasteiger partial charge in [0.1, 0.15) is 0 Å². The van der Waals surface area contributed by atoms with Crippen molar-refractivity contribution < 1.29 is 22.7 Å². The minimum Gasteiger partial charge on any atom is -0.453 e. The average Bonchev–Trinajstić information content (AvgIpc) is 2.77. The molecule has 1 unspecified atom stereocenters. The van der Waals surface area contributed by atoms with Gasteiger partial charge in [-0.15, -0.1) is 0 Å². The number of hydrogen-bond acceptors (Lipinski definition) is 5. The predicted octanol–water partition coefficient (Wildman–Crippen LogP) is 3.55. The summed E-state index contributed by atoms with van der Waals surface area (Å²) in [7, 11) is -3.51. The van der Waals surface area contributed by atoms with E-state index in [0.717, 1.165) is 11.1 Å². The highest BCUT2D eigenvalue weighted by Crippen LogP contribution is 2.17. The molecule has 174 valence electrons. The van der Waals surface area contributed by atoms with Gasteiger partial charge in [-0.05, 0) is 42.7 Å². The number of nitrogens with zero attached hydrogens (tertiary/aromatic N) is 1. The zero-order chi connectivity index (χ0) is 23.7. The monoisotopic (exact) mass is 480 g/mol. The molecule has 0 fully saturated rings. The Labute approximate surface area is 194 Å². The number of aryl methyl sites for hydroxylation is 1. The van der Waals surface area contributed by atoms with Crippen LogP contribution in [0.25, 0.3) is 0 Å². The fourth-order valence-corrected chi connectivity index (χ4v) is 4.73. The van der Waals surface area contributed by atoms with Gasteiger partial charge in [0.15, 0.2) is 6.10 Å². The number of hydrogen-bond donors (Lipinski definition) is 1. The maximum absolute atomic E-state index is 12.5. The predicted molar refractivity (Wildman–Crippen MR) is 124 cm³/mol. The number of amides is 1. The summed E-state index contributed by atoms with van der Waals surface area (Å²) in [5.41, 5.74) is 1.57. The second-order valence-electron chi connectivity index (χ2n) is 7.17. The molecular formula is C23H29ClN2O5S. The van der Waals surface area contributed by atoms with Gasteiger partial charge in [0.05, 0.1) is 4.90 Å². The molecule has 1 amide bonds. The maximum Gasteiger partial charge on any atom is 0.306 e. The van der Waals surface area contributed by atoms with Crippen molar-refractivity contribution in [3.63, 3.8) is 0 Å². The van der Waals surface area contributed by atoms with E-state index in [1.807, 2.05) is 6.07 Å². The van der Waals surface area contributed by atoms with E-state index in [4.69, 9.17) is 16.3 Å². The Kier molecular flexibility index (Phi) is 9.68. The fourth-order valence-electron chi connectivity index (χ4n) is 3.06. The molecule has 0 aromatic heterocycles. The van der Waals surface area contributed by atoms with Gasteiger partial charge in [-0.2, -0.15) is 4.31 Å². The number of benzene rings is 2. The molecule has 0 aliphatic heterocycles. The Morgan fingerprint density at radius 2 is 1.69 bits per heavy atom. The molecule has 0 aliphatic carbocycles. The molecule has 2 aromatic carbocycles. The molecule has 0 spiro atoms. The lowest BCUT2D eigenvalue weighted by atomic mass is 10.1. The molecule has 0 bridgehead atoms. The van der Waals surface area contributed by atoms with Gasteiger partial charge in [0.25, 0.3) is 5.91 Å². The third-order valence-electron chi connectivity index (χ3n) is 4.97. The lowest BCUT2D eigenvalue weighted by Crippen LogP contribution is -2.35. The van der Waals surface area contributed by atoms with E-state index in [1.165, 1.54) is 11.2 Å². The van der Waals surface area contributed by atoms with Crippen molar-refractivity contribution >= 4 is 33.5 Å². The number of rotatable bonds is 11. The van der Waals surface area contributed by atoms with Crippen LogP contribution in [0.15, 0.2) is 53.4 Å². The van der Waals surface area contributed by atoms with Crippen LogP contribution in [0.1, 0.15) is 38.3 Å². The highest BCUT2D eigenvalue weighted by atomic mass is 35.5. The highest BCUT2D eigenvalue weighted by molar-refractivity contribution is 7.89. The molecule has 1 N–H and O–H groups in total. The van der Waals surface area contributed by atoms with E-state index in [9.17, 15) is 18.0 Å². The van der Waals surface area contributed by atoms with Gasteiger partial charge in [-0.1, -0.05) is 55.8 Å². The topological polar surface area (TPSA) is 92.8 Å². The first-order valence-electron chi connectivity index (χ1n) is 10.5. The molecule has 0 aliphatic rings. The largest absolute Gasteiger partial charge is 0.453 e. The van der Waals surface area contributed by atoms with E-state index in [0.29, 0.717) is 24.5 Å². The Morgan fingerprint density at radius 3 is 2.28 bits per heavy atom. The molecule has 9 heteroatoms. The second kappa shape index (κ2) is 12.0.